The van der Waals surface area contributed by atoms with E-state index in [1.807, 2.05) is 0 Å². The lowest BCUT2D eigenvalue weighted by atomic mass is 10.1. The van der Waals surface area contributed by atoms with E-state index in [0.717, 1.165) is 0 Å². The van der Waals surface area contributed by atoms with Gasteiger partial charge in [-0.05, 0) is 6.42 Å². The Morgan fingerprint density at radius 3 is 2.53 bits per heavy atom. The maximum absolute atomic E-state index is 10.8. The van der Waals surface area contributed by atoms with Gasteiger partial charge in [-0.3, -0.25) is 4.79 Å². The average molecular weight is 236 g/mol. The van der Waals surface area contributed by atoms with E-state index in [9.17, 15) is 9.59 Å². The highest BCUT2D eigenvalue weighted by Crippen LogP contribution is 2.24. The molecule has 1 fully saturated rings. The molecule has 3 N–H and O–H groups in total. The zero-order valence-corrected chi connectivity index (χ0v) is 9.04. The number of carbonyl (C=O) groups is 2. The number of hydrogen-bond acceptors (Lipinski definition) is 4. The summed E-state index contributed by atoms with van der Waals surface area (Å²) in [5.74, 6) is -0.0260. The van der Waals surface area contributed by atoms with Crippen molar-refractivity contribution in [1.29, 1.82) is 0 Å². The van der Waals surface area contributed by atoms with E-state index in [-0.39, 0.29) is 11.5 Å². The van der Waals surface area contributed by atoms with E-state index < -0.39 is 12.0 Å². The predicted octanol–water partition coefficient (Wildman–Crippen LogP) is 0.0428. The number of carboxylic acid groups (broad SMARTS) is 1. The van der Waals surface area contributed by atoms with Gasteiger partial charge in [-0.2, -0.15) is 0 Å². The Hall–Kier alpha value is -2.18. The van der Waals surface area contributed by atoms with Crippen LogP contribution in [0.25, 0.3) is 0 Å². The Balaban J connectivity index is 2.09. The van der Waals surface area contributed by atoms with Crippen LogP contribution in [0, 0.1) is 0 Å². The van der Waals surface area contributed by atoms with Crippen LogP contribution in [0.1, 0.15) is 28.5 Å². The van der Waals surface area contributed by atoms with E-state index in [2.05, 4.69) is 9.97 Å². The second kappa shape index (κ2) is 4.36. The van der Waals surface area contributed by atoms with Crippen molar-refractivity contribution in [2.24, 2.45) is 5.73 Å². The van der Waals surface area contributed by atoms with Gasteiger partial charge in [0, 0.05) is 31.4 Å². The number of likely N-dealkylation sites (tertiary alicyclic amines) is 1. The number of hydrogen-bond donors (Lipinski definition) is 2. The van der Waals surface area contributed by atoms with Crippen molar-refractivity contribution in [1.82, 2.24) is 14.9 Å². The van der Waals surface area contributed by atoms with Crippen molar-refractivity contribution in [3.63, 3.8) is 0 Å². The van der Waals surface area contributed by atoms with Crippen LogP contribution < -0.4 is 5.73 Å². The molecule has 7 heteroatoms. The fourth-order valence-electron chi connectivity index (χ4n) is 1.82. The van der Waals surface area contributed by atoms with Crippen molar-refractivity contribution in [3.8, 4) is 0 Å². The topological polar surface area (TPSA) is 109 Å². The van der Waals surface area contributed by atoms with Crippen LogP contribution in [-0.2, 0) is 0 Å². The maximum Gasteiger partial charge on any atom is 0.407 e. The number of primary amides is 1. The normalized spacial score (nSPS) is 19.3. The number of nitrogens with two attached hydrogens (primary N) is 1. The summed E-state index contributed by atoms with van der Waals surface area (Å²) >= 11 is 0. The van der Waals surface area contributed by atoms with Gasteiger partial charge in [0.2, 0.25) is 0 Å². The molecule has 0 aliphatic carbocycles. The Morgan fingerprint density at radius 2 is 2.06 bits per heavy atom. The molecule has 2 amide bonds. The van der Waals surface area contributed by atoms with Gasteiger partial charge >= 0.3 is 6.09 Å². The Kier molecular flexibility index (Phi) is 2.90. The van der Waals surface area contributed by atoms with Crippen LogP contribution in [0.5, 0.6) is 0 Å². The molecule has 1 aromatic heterocycles. The zero-order valence-electron chi connectivity index (χ0n) is 9.04. The molecule has 2 heterocycles. The van der Waals surface area contributed by atoms with Crippen LogP contribution in [0.2, 0.25) is 0 Å². The lowest BCUT2D eigenvalue weighted by Crippen LogP contribution is -2.26. The van der Waals surface area contributed by atoms with Crippen molar-refractivity contribution in [2.75, 3.05) is 13.1 Å². The number of nitrogens with zero attached hydrogens (tertiary/aromatic N) is 3. The molecule has 1 aromatic rings. The smallest absolute Gasteiger partial charge is 0.407 e. The van der Waals surface area contributed by atoms with Gasteiger partial charge < -0.3 is 15.7 Å². The second-order valence-corrected chi connectivity index (χ2v) is 3.91. The van der Waals surface area contributed by atoms with E-state index in [4.69, 9.17) is 10.8 Å². The number of rotatable bonds is 2. The summed E-state index contributed by atoms with van der Waals surface area (Å²) in [6.45, 7) is 0.881. The third kappa shape index (κ3) is 2.32. The van der Waals surface area contributed by atoms with Gasteiger partial charge in [0.15, 0.2) is 0 Å². The summed E-state index contributed by atoms with van der Waals surface area (Å²) in [6.07, 6.45) is 2.51. The van der Waals surface area contributed by atoms with E-state index in [1.54, 1.807) is 0 Å². The molecule has 7 nitrogen and oxygen atoms in total. The summed E-state index contributed by atoms with van der Waals surface area (Å²) in [4.78, 5) is 31.0. The molecule has 0 aromatic carbocycles. The van der Waals surface area contributed by atoms with E-state index in [1.165, 1.54) is 17.3 Å². The van der Waals surface area contributed by atoms with Crippen molar-refractivity contribution in [3.05, 3.63) is 23.8 Å². The largest absolute Gasteiger partial charge is 0.465 e. The van der Waals surface area contributed by atoms with Gasteiger partial charge in [-0.25, -0.2) is 14.8 Å². The first-order chi connectivity index (χ1) is 8.08. The SMILES string of the molecule is NC(=O)c1cnc(C2CCN(C(=O)O)C2)nc1. The fraction of sp³-hybridized carbons (Fsp3) is 0.400. The van der Waals surface area contributed by atoms with Crippen molar-refractivity contribution < 1.29 is 14.7 Å². The first kappa shape index (κ1) is 11.3. The van der Waals surface area contributed by atoms with Gasteiger partial charge in [-0.1, -0.05) is 0 Å². The Labute approximate surface area is 97.3 Å². The molecule has 1 aliphatic heterocycles. The molecule has 1 aliphatic rings. The van der Waals surface area contributed by atoms with Gasteiger partial charge in [0.25, 0.3) is 5.91 Å². The highest BCUT2D eigenvalue weighted by molar-refractivity contribution is 5.92. The van der Waals surface area contributed by atoms with Gasteiger partial charge in [-0.15, -0.1) is 0 Å². The molecule has 0 bridgehead atoms. The monoisotopic (exact) mass is 236 g/mol. The standard InChI is InChI=1S/C10H12N4O3/c11-8(15)7-3-12-9(13-4-7)6-1-2-14(5-6)10(16)17/h3-4,6H,1-2,5H2,(H2,11,15)(H,16,17). The van der Waals surface area contributed by atoms with Gasteiger partial charge in [0.1, 0.15) is 5.82 Å². The highest BCUT2D eigenvalue weighted by atomic mass is 16.4. The number of aromatic nitrogens is 2. The first-order valence-electron chi connectivity index (χ1n) is 5.17. The molecule has 1 saturated heterocycles. The third-order valence-corrected chi connectivity index (χ3v) is 2.78. The summed E-state index contributed by atoms with van der Waals surface area (Å²) in [5, 5.41) is 8.82. The molecule has 1 atom stereocenters. The summed E-state index contributed by atoms with van der Waals surface area (Å²) in [6, 6.07) is 0. The number of carbonyl (C=O) groups excluding carboxylic acids is 1. The average Bonchev–Trinajstić information content (AvgIpc) is 2.78. The quantitative estimate of drug-likeness (QED) is 0.753. The van der Waals surface area contributed by atoms with Crippen LogP contribution >= 0.6 is 0 Å². The summed E-state index contributed by atoms with van der Waals surface area (Å²) in [7, 11) is 0. The molecule has 90 valence electrons. The molecule has 0 radical (unpaired) electrons. The van der Waals surface area contributed by atoms with E-state index >= 15 is 0 Å². The first-order valence-corrected chi connectivity index (χ1v) is 5.17. The number of amides is 2. The minimum atomic E-state index is -0.929. The fourth-order valence-corrected chi connectivity index (χ4v) is 1.82. The minimum Gasteiger partial charge on any atom is -0.465 e. The molecule has 0 saturated carbocycles. The highest BCUT2D eigenvalue weighted by Gasteiger charge is 2.28. The lowest BCUT2D eigenvalue weighted by molar-refractivity contribution is 0.0999. The zero-order chi connectivity index (χ0) is 12.4. The van der Waals surface area contributed by atoms with Crippen LogP contribution in [0.15, 0.2) is 12.4 Å². The Bertz CT molecular complexity index is 445. The summed E-state index contributed by atoms with van der Waals surface area (Å²) in [5.41, 5.74) is 5.33. The summed E-state index contributed by atoms with van der Waals surface area (Å²) < 4.78 is 0. The Morgan fingerprint density at radius 1 is 1.41 bits per heavy atom. The van der Waals surface area contributed by atoms with Crippen molar-refractivity contribution >= 4 is 12.0 Å². The second-order valence-electron chi connectivity index (χ2n) is 3.91. The van der Waals surface area contributed by atoms with Gasteiger partial charge in [0.05, 0.1) is 5.56 Å². The van der Waals surface area contributed by atoms with Crippen LogP contribution in [0.4, 0.5) is 4.79 Å². The molecule has 1 unspecified atom stereocenters. The molecule has 0 spiro atoms. The minimum absolute atomic E-state index is 0.00646. The van der Waals surface area contributed by atoms with E-state index in [0.29, 0.717) is 25.3 Å². The predicted molar refractivity (Wildman–Crippen MR) is 57.5 cm³/mol. The lowest BCUT2D eigenvalue weighted by Gasteiger charge is -2.11. The van der Waals surface area contributed by atoms with Crippen molar-refractivity contribution in [2.45, 2.75) is 12.3 Å². The van der Waals surface area contributed by atoms with Crippen LogP contribution in [-0.4, -0.2) is 45.1 Å². The third-order valence-electron chi connectivity index (χ3n) is 2.78. The molecular weight excluding hydrogens is 224 g/mol. The molecular formula is C10H12N4O3. The maximum atomic E-state index is 10.8. The van der Waals surface area contributed by atoms with Crippen LogP contribution in [0.3, 0.4) is 0 Å². The molecule has 2 rings (SSSR count). The molecule has 17 heavy (non-hydrogen) atoms.